The van der Waals surface area contributed by atoms with Crippen LogP contribution in [0.5, 0.6) is 0 Å². The third-order valence-corrected chi connectivity index (χ3v) is 7.02. The van der Waals surface area contributed by atoms with Gasteiger partial charge < -0.3 is 14.8 Å². The molecule has 2 aliphatic rings. The summed E-state index contributed by atoms with van der Waals surface area (Å²) in [7, 11) is -3.64. The smallest absolute Gasteiger partial charge is 0.240 e. The van der Waals surface area contributed by atoms with Crippen LogP contribution in [0.3, 0.4) is 0 Å². The highest BCUT2D eigenvalue weighted by molar-refractivity contribution is 7.89. The van der Waals surface area contributed by atoms with Crippen molar-refractivity contribution in [2.75, 3.05) is 29.9 Å². The van der Waals surface area contributed by atoms with Crippen molar-refractivity contribution in [3.63, 3.8) is 0 Å². The number of sulfonamides is 1. The van der Waals surface area contributed by atoms with Gasteiger partial charge in [-0.05, 0) is 60.4 Å². The fraction of sp³-hybridized carbons (Fsp3) is 0.286. The minimum Gasteiger partial charge on any atom is -0.367 e. The van der Waals surface area contributed by atoms with Gasteiger partial charge in [-0.15, -0.1) is 10.2 Å². The molecule has 0 saturated heterocycles. The zero-order valence-corrected chi connectivity index (χ0v) is 17.6. The standard InChI is InChI=1S/C21H22N6O3S/c28-20-6-3-15-13-17(14-16-7-12-27(20)21(15)16)31(29,30)23-9-8-22-18-4-5-19(25-24-18)26-10-1-2-11-26/h1-2,4-5,10-11,13-14,23H,3,6-9,12H2,(H,22,24). The predicted octanol–water partition coefficient (Wildman–Crippen LogP) is 1.49. The van der Waals surface area contributed by atoms with Crippen LogP contribution < -0.4 is 14.9 Å². The highest BCUT2D eigenvalue weighted by Gasteiger charge is 2.32. The summed E-state index contributed by atoms with van der Waals surface area (Å²) >= 11 is 0. The fourth-order valence-electron chi connectivity index (χ4n) is 4.08. The second kappa shape index (κ2) is 7.78. The summed E-state index contributed by atoms with van der Waals surface area (Å²) in [5, 5.41) is 11.3. The van der Waals surface area contributed by atoms with Crippen molar-refractivity contribution in [2.24, 2.45) is 0 Å². The number of hydrogen-bond acceptors (Lipinski definition) is 6. The van der Waals surface area contributed by atoms with Crippen molar-refractivity contribution in [2.45, 2.75) is 24.2 Å². The number of nitrogens with one attached hydrogen (secondary N) is 2. The highest BCUT2D eigenvalue weighted by atomic mass is 32.2. The largest absolute Gasteiger partial charge is 0.367 e. The molecule has 160 valence electrons. The van der Waals surface area contributed by atoms with E-state index in [9.17, 15) is 13.2 Å². The third-order valence-electron chi connectivity index (χ3n) is 5.58. The van der Waals surface area contributed by atoms with Gasteiger partial charge in [0.05, 0.1) is 10.6 Å². The Hall–Kier alpha value is -3.24. The highest BCUT2D eigenvalue weighted by Crippen LogP contribution is 2.38. The molecule has 5 rings (SSSR count). The van der Waals surface area contributed by atoms with E-state index < -0.39 is 10.0 Å². The summed E-state index contributed by atoms with van der Waals surface area (Å²) in [5.74, 6) is 1.40. The van der Waals surface area contributed by atoms with Gasteiger partial charge in [0.15, 0.2) is 5.82 Å². The average molecular weight is 439 g/mol. The van der Waals surface area contributed by atoms with E-state index in [1.165, 1.54) is 0 Å². The van der Waals surface area contributed by atoms with E-state index in [1.54, 1.807) is 23.1 Å². The molecule has 2 N–H and O–H groups in total. The van der Waals surface area contributed by atoms with Crippen molar-refractivity contribution in [1.82, 2.24) is 19.5 Å². The third kappa shape index (κ3) is 3.79. The van der Waals surface area contributed by atoms with E-state index in [2.05, 4.69) is 20.2 Å². The maximum atomic E-state index is 12.8. The van der Waals surface area contributed by atoms with Crippen molar-refractivity contribution >= 4 is 27.4 Å². The van der Waals surface area contributed by atoms with Gasteiger partial charge in [0.25, 0.3) is 0 Å². The SMILES string of the molecule is O=C1CCc2cc(S(=O)(=O)NCCNc3ccc(-n4cccc4)nn3)cc3c2N1CC3. The number of carbonyl (C=O) groups is 1. The lowest BCUT2D eigenvalue weighted by Gasteiger charge is -2.25. The van der Waals surface area contributed by atoms with Crippen LogP contribution in [0.25, 0.3) is 5.82 Å². The zero-order valence-electron chi connectivity index (χ0n) is 16.8. The molecule has 31 heavy (non-hydrogen) atoms. The Morgan fingerprint density at radius 2 is 1.74 bits per heavy atom. The number of nitrogens with zero attached hydrogens (tertiary/aromatic N) is 4. The number of aryl methyl sites for hydroxylation is 1. The van der Waals surface area contributed by atoms with Crippen LogP contribution in [0.15, 0.2) is 53.7 Å². The maximum absolute atomic E-state index is 12.8. The number of aromatic nitrogens is 3. The minimum absolute atomic E-state index is 0.121. The molecule has 4 heterocycles. The van der Waals surface area contributed by atoms with Crippen LogP contribution in [0.2, 0.25) is 0 Å². The first-order valence-electron chi connectivity index (χ1n) is 10.2. The Balaban J connectivity index is 1.21. The summed E-state index contributed by atoms with van der Waals surface area (Å²) in [4.78, 5) is 14.1. The molecule has 0 aliphatic carbocycles. The Bertz CT molecular complexity index is 1220. The van der Waals surface area contributed by atoms with Crippen LogP contribution >= 0.6 is 0 Å². The lowest BCUT2D eigenvalue weighted by Crippen LogP contribution is -2.33. The van der Waals surface area contributed by atoms with Gasteiger partial charge >= 0.3 is 0 Å². The molecule has 3 aromatic rings. The molecule has 0 radical (unpaired) electrons. The van der Waals surface area contributed by atoms with E-state index in [1.807, 2.05) is 35.2 Å². The summed E-state index contributed by atoms with van der Waals surface area (Å²) in [6.45, 7) is 1.21. The monoisotopic (exact) mass is 438 g/mol. The summed E-state index contributed by atoms with van der Waals surface area (Å²) in [5.41, 5.74) is 2.78. The van der Waals surface area contributed by atoms with Crippen LogP contribution in [-0.4, -0.2) is 48.7 Å². The minimum atomic E-state index is -3.64. The van der Waals surface area contributed by atoms with Crippen LogP contribution in [0.4, 0.5) is 11.5 Å². The Kier molecular flexibility index (Phi) is 4.95. The maximum Gasteiger partial charge on any atom is 0.240 e. The first kappa shape index (κ1) is 19.7. The number of anilines is 2. The van der Waals surface area contributed by atoms with E-state index in [0.29, 0.717) is 44.0 Å². The molecule has 0 bridgehead atoms. The zero-order chi connectivity index (χ0) is 21.4. The van der Waals surface area contributed by atoms with Gasteiger partial charge in [-0.1, -0.05) is 0 Å². The van der Waals surface area contributed by atoms with Crippen LogP contribution in [0.1, 0.15) is 17.5 Å². The van der Waals surface area contributed by atoms with E-state index in [-0.39, 0.29) is 17.3 Å². The second-order valence-electron chi connectivity index (χ2n) is 7.58. The van der Waals surface area contributed by atoms with Crippen LogP contribution in [-0.2, 0) is 27.7 Å². The van der Waals surface area contributed by atoms with Gasteiger partial charge in [-0.3, -0.25) is 4.79 Å². The molecular weight excluding hydrogens is 416 g/mol. The molecular formula is C21H22N6O3S. The van der Waals surface area contributed by atoms with Gasteiger partial charge in [0.2, 0.25) is 15.9 Å². The Morgan fingerprint density at radius 3 is 2.48 bits per heavy atom. The first-order valence-corrected chi connectivity index (χ1v) is 11.7. The molecule has 0 spiro atoms. The number of amides is 1. The molecule has 9 nitrogen and oxygen atoms in total. The lowest BCUT2D eigenvalue weighted by atomic mass is 10.00. The van der Waals surface area contributed by atoms with E-state index in [4.69, 9.17) is 0 Å². The average Bonchev–Trinajstić information content (AvgIpc) is 3.45. The molecule has 10 heteroatoms. The summed E-state index contributed by atoms with van der Waals surface area (Å²) in [6.07, 6.45) is 5.47. The quantitative estimate of drug-likeness (QED) is 0.541. The van der Waals surface area contributed by atoms with Crippen LogP contribution in [0, 0.1) is 0 Å². The molecule has 1 amide bonds. The fourth-order valence-corrected chi connectivity index (χ4v) is 5.22. The molecule has 2 aromatic heterocycles. The van der Waals surface area contributed by atoms with Crippen molar-refractivity contribution in [3.05, 3.63) is 59.9 Å². The molecule has 0 fully saturated rings. The molecule has 2 aliphatic heterocycles. The first-order chi connectivity index (χ1) is 15.0. The molecule has 1 aromatic carbocycles. The number of benzene rings is 1. The molecule has 0 unspecified atom stereocenters. The van der Waals surface area contributed by atoms with Gasteiger partial charge in [0, 0.05) is 38.4 Å². The number of carbonyl (C=O) groups excluding carboxylic acids is 1. The van der Waals surface area contributed by atoms with Crippen molar-refractivity contribution in [1.29, 1.82) is 0 Å². The van der Waals surface area contributed by atoms with Gasteiger partial charge in [-0.2, -0.15) is 0 Å². The topological polar surface area (TPSA) is 109 Å². The molecule has 0 saturated carbocycles. The lowest BCUT2D eigenvalue weighted by molar-refractivity contribution is -0.118. The van der Waals surface area contributed by atoms with Gasteiger partial charge in [-0.25, -0.2) is 13.1 Å². The van der Waals surface area contributed by atoms with Crippen molar-refractivity contribution in [3.8, 4) is 5.82 Å². The predicted molar refractivity (Wildman–Crippen MR) is 116 cm³/mol. The number of hydrogen-bond donors (Lipinski definition) is 2. The van der Waals surface area contributed by atoms with Gasteiger partial charge in [0.1, 0.15) is 5.82 Å². The van der Waals surface area contributed by atoms with E-state index in [0.717, 1.165) is 16.8 Å². The Morgan fingerprint density at radius 1 is 0.968 bits per heavy atom. The number of rotatable bonds is 7. The van der Waals surface area contributed by atoms with Crippen molar-refractivity contribution < 1.29 is 13.2 Å². The normalized spacial score (nSPS) is 15.2. The summed E-state index contributed by atoms with van der Waals surface area (Å²) in [6, 6.07) is 10.8. The summed E-state index contributed by atoms with van der Waals surface area (Å²) < 4.78 is 30.1. The molecule has 0 atom stereocenters. The second-order valence-corrected chi connectivity index (χ2v) is 9.34. The Labute approximate surface area is 180 Å². The van der Waals surface area contributed by atoms with E-state index >= 15 is 0 Å².